The molecule has 158 valence electrons. The van der Waals surface area contributed by atoms with Gasteiger partial charge in [0, 0.05) is 23.1 Å². The van der Waals surface area contributed by atoms with Crippen molar-refractivity contribution in [3.63, 3.8) is 0 Å². The van der Waals surface area contributed by atoms with Crippen LogP contribution in [0, 0.1) is 5.82 Å². The molecular formula is C20H24Cl2FIN4O. The van der Waals surface area contributed by atoms with E-state index >= 15 is 0 Å². The Labute approximate surface area is 197 Å². The van der Waals surface area contributed by atoms with Gasteiger partial charge in [-0.3, -0.25) is 0 Å². The number of benzene rings is 2. The van der Waals surface area contributed by atoms with Crippen LogP contribution in [-0.2, 0) is 11.3 Å². The number of halogens is 4. The molecule has 0 amide bonds. The molecule has 0 bridgehead atoms. The number of hydrogen-bond donors (Lipinski definition) is 2. The summed E-state index contributed by atoms with van der Waals surface area (Å²) in [5.41, 5.74) is 8.18. The summed E-state index contributed by atoms with van der Waals surface area (Å²) < 4.78 is 19.8. The van der Waals surface area contributed by atoms with Crippen LogP contribution < -0.4 is 16.0 Å². The molecule has 0 radical (unpaired) electrons. The lowest BCUT2D eigenvalue weighted by Crippen LogP contribution is -2.36. The van der Waals surface area contributed by atoms with Crippen LogP contribution in [0.2, 0.25) is 10.0 Å². The predicted molar refractivity (Wildman–Crippen MR) is 128 cm³/mol. The van der Waals surface area contributed by atoms with E-state index in [2.05, 4.69) is 10.3 Å². The van der Waals surface area contributed by atoms with E-state index in [4.69, 9.17) is 33.7 Å². The lowest BCUT2D eigenvalue weighted by atomic mass is 10.1. The Hall–Kier alpha value is -1.29. The first-order valence-corrected chi connectivity index (χ1v) is 9.82. The summed E-state index contributed by atoms with van der Waals surface area (Å²) in [6.07, 6.45) is 0. The summed E-state index contributed by atoms with van der Waals surface area (Å²) in [4.78, 5) is 6.29. The van der Waals surface area contributed by atoms with Crippen molar-refractivity contribution in [1.29, 1.82) is 0 Å². The first-order valence-electron chi connectivity index (χ1n) is 9.06. The Bertz CT molecular complexity index is 862. The number of guanidine groups is 1. The van der Waals surface area contributed by atoms with E-state index in [1.807, 2.05) is 24.0 Å². The Morgan fingerprint density at radius 2 is 1.97 bits per heavy atom. The SMILES string of the molecule is CC(NC(N)=NCc1ccc(N2CCOCC2)c(F)c1)c1ccc(Cl)cc1Cl.I. The second kappa shape index (κ2) is 11.2. The molecule has 0 spiro atoms. The van der Waals surface area contributed by atoms with Crippen molar-refractivity contribution in [3.05, 3.63) is 63.4 Å². The molecule has 1 atom stereocenters. The molecule has 1 aliphatic rings. The van der Waals surface area contributed by atoms with Gasteiger partial charge in [-0.25, -0.2) is 9.38 Å². The molecule has 9 heteroatoms. The van der Waals surface area contributed by atoms with E-state index in [1.54, 1.807) is 18.2 Å². The van der Waals surface area contributed by atoms with Crippen LogP contribution in [0.3, 0.4) is 0 Å². The molecule has 0 saturated carbocycles. The van der Waals surface area contributed by atoms with Gasteiger partial charge in [0.2, 0.25) is 0 Å². The fourth-order valence-corrected chi connectivity index (χ4v) is 3.66. The van der Waals surface area contributed by atoms with Gasteiger partial charge in [-0.05, 0) is 42.3 Å². The van der Waals surface area contributed by atoms with Crippen molar-refractivity contribution in [2.24, 2.45) is 10.7 Å². The zero-order chi connectivity index (χ0) is 20.1. The van der Waals surface area contributed by atoms with Gasteiger partial charge in [-0.2, -0.15) is 0 Å². The van der Waals surface area contributed by atoms with Crippen LogP contribution in [0.5, 0.6) is 0 Å². The molecule has 2 aromatic carbocycles. The summed E-state index contributed by atoms with van der Waals surface area (Å²) in [6, 6.07) is 10.3. The highest BCUT2D eigenvalue weighted by atomic mass is 127. The summed E-state index contributed by atoms with van der Waals surface area (Å²) >= 11 is 12.1. The van der Waals surface area contributed by atoms with Crippen LogP contribution >= 0.6 is 47.2 Å². The third-order valence-corrected chi connectivity index (χ3v) is 5.15. The zero-order valence-electron chi connectivity index (χ0n) is 16.0. The van der Waals surface area contributed by atoms with Crippen LogP contribution in [0.1, 0.15) is 24.1 Å². The number of morpholine rings is 1. The molecule has 0 aliphatic carbocycles. The first-order chi connectivity index (χ1) is 13.4. The van der Waals surface area contributed by atoms with Crippen molar-refractivity contribution >= 4 is 58.8 Å². The fourth-order valence-electron chi connectivity index (χ4n) is 3.08. The van der Waals surface area contributed by atoms with Gasteiger partial charge in [0.1, 0.15) is 5.82 Å². The third kappa shape index (κ3) is 6.60. The monoisotopic (exact) mass is 552 g/mol. The number of anilines is 1. The summed E-state index contributed by atoms with van der Waals surface area (Å²) in [7, 11) is 0. The van der Waals surface area contributed by atoms with Crippen molar-refractivity contribution in [3.8, 4) is 0 Å². The van der Waals surface area contributed by atoms with Gasteiger partial charge < -0.3 is 20.7 Å². The Morgan fingerprint density at radius 3 is 2.62 bits per heavy atom. The van der Waals surface area contributed by atoms with E-state index in [-0.39, 0.29) is 48.3 Å². The molecule has 1 unspecified atom stereocenters. The number of rotatable bonds is 5. The highest BCUT2D eigenvalue weighted by Crippen LogP contribution is 2.26. The van der Waals surface area contributed by atoms with Crippen molar-refractivity contribution in [2.45, 2.75) is 19.5 Å². The van der Waals surface area contributed by atoms with Gasteiger partial charge in [0.05, 0.1) is 31.5 Å². The number of nitrogens with one attached hydrogen (secondary N) is 1. The minimum atomic E-state index is -0.262. The number of nitrogens with zero attached hydrogens (tertiary/aromatic N) is 2. The maximum Gasteiger partial charge on any atom is 0.189 e. The lowest BCUT2D eigenvalue weighted by molar-refractivity contribution is 0.122. The molecule has 2 aromatic rings. The average molecular weight is 553 g/mol. The highest BCUT2D eigenvalue weighted by Gasteiger charge is 2.15. The molecule has 0 aromatic heterocycles. The molecule has 1 aliphatic heterocycles. The van der Waals surface area contributed by atoms with Crippen molar-refractivity contribution in [1.82, 2.24) is 5.32 Å². The second-order valence-corrected chi connectivity index (χ2v) is 7.46. The van der Waals surface area contributed by atoms with Crippen LogP contribution in [0.25, 0.3) is 0 Å². The van der Waals surface area contributed by atoms with E-state index in [1.165, 1.54) is 6.07 Å². The lowest BCUT2D eigenvalue weighted by Gasteiger charge is -2.29. The van der Waals surface area contributed by atoms with Gasteiger partial charge in [0.25, 0.3) is 0 Å². The number of ether oxygens (including phenoxy) is 1. The second-order valence-electron chi connectivity index (χ2n) is 6.62. The maximum absolute atomic E-state index is 14.5. The smallest absolute Gasteiger partial charge is 0.189 e. The fraction of sp³-hybridized carbons (Fsp3) is 0.350. The molecule has 1 saturated heterocycles. The van der Waals surface area contributed by atoms with Gasteiger partial charge >= 0.3 is 0 Å². The van der Waals surface area contributed by atoms with E-state index in [0.717, 1.165) is 11.1 Å². The Balaban J connectivity index is 0.00000300. The van der Waals surface area contributed by atoms with Crippen molar-refractivity contribution < 1.29 is 9.13 Å². The Kier molecular flexibility index (Phi) is 9.26. The van der Waals surface area contributed by atoms with Gasteiger partial charge in [-0.1, -0.05) is 35.3 Å². The third-order valence-electron chi connectivity index (χ3n) is 4.59. The molecular weight excluding hydrogens is 529 g/mol. The zero-order valence-corrected chi connectivity index (χ0v) is 19.8. The summed E-state index contributed by atoms with van der Waals surface area (Å²) in [5.74, 6) is -0.00127. The largest absolute Gasteiger partial charge is 0.378 e. The molecule has 29 heavy (non-hydrogen) atoms. The van der Waals surface area contributed by atoms with Crippen LogP contribution in [0.4, 0.5) is 10.1 Å². The first kappa shape index (κ1) is 24.0. The summed E-state index contributed by atoms with van der Waals surface area (Å²) in [5, 5.41) is 4.22. The normalized spacial score (nSPS) is 15.6. The molecule has 3 N–H and O–H groups in total. The number of nitrogens with two attached hydrogens (primary N) is 1. The Morgan fingerprint density at radius 1 is 1.24 bits per heavy atom. The van der Waals surface area contributed by atoms with E-state index in [0.29, 0.717) is 42.0 Å². The van der Waals surface area contributed by atoms with Gasteiger partial charge in [-0.15, -0.1) is 24.0 Å². The molecule has 1 heterocycles. The van der Waals surface area contributed by atoms with Crippen molar-refractivity contribution in [2.75, 3.05) is 31.2 Å². The number of aliphatic imine (C=N–C) groups is 1. The standard InChI is InChI=1S/C20H23Cl2FN4O.HI/c1-13(16-4-3-15(21)11-17(16)22)26-20(24)25-12-14-2-5-19(18(23)10-14)27-6-8-28-9-7-27;/h2-5,10-11,13H,6-9,12H2,1H3,(H3,24,25,26);1H. The topological polar surface area (TPSA) is 62.9 Å². The highest BCUT2D eigenvalue weighted by molar-refractivity contribution is 14.0. The minimum absolute atomic E-state index is 0. The maximum atomic E-state index is 14.5. The minimum Gasteiger partial charge on any atom is -0.378 e. The quantitative estimate of drug-likeness (QED) is 0.319. The average Bonchev–Trinajstić information content (AvgIpc) is 2.67. The predicted octanol–water partition coefficient (Wildman–Crippen LogP) is 4.75. The summed E-state index contributed by atoms with van der Waals surface area (Å²) in [6.45, 7) is 4.81. The van der Waals surface area contributed by atoms with E-state index in [9.17, 15) is 4.39 Å². The van der Waals surface area contributed by atoms with Crippen LogP contribution in [-0.4, -0.2) is 32.3 Å². The molecule has 5 nitrogen and oxygen atoms in total. The van der Waals surface area contributed by atoms with E-state index < -0.39 is 0 Å². The van der Waals surface area contributed by atoms with Gasteiger partial charge in [0.15, 0.2) is 5.96 Å². The number of hydrogen-bond acceptors (Lipinski definition) is 3. The molecule has 1 fully saturated rings. The van der Waals surface area contributed by atoms with Crippen LogP contribution in [0.15, 0.2) is 41.4 Å². The molecule has 3 rings (SSSR count).